The van der Waals surface area contributed by atoms with Crippen LogP contribution in [0.5, 0.6) is 5.75 Å². The third-order valence-corrected chi connectivity index (χ3v) is 4.67. The van der Waals surface area contributed by atoms with Crippen molar-refractivity contribution in [1.29, 1.82) is 0 Å². The number of carbonyl (C=O) groups is 3. The van der Waals surface area contributed by atoms with Gasteiger partial charge in [0.25, 0.3) is 17.4 Å². The first-order valence-corrected chi connectivity index (χ1v) is 8.74. The summed E-state index contributed by atoms with van der Waals surface area (Å²) < 4.78 is 10.7. The molecule has 140 valence electrons. The van der Waals surface area contributed by atoms with Crippen LogP contribution < -0.4 is 10.1 Å². The van der Waals surface area contributed by atoms with Crippen LogP contribution in [0, 0.1) is 0 Å². The minimum atomic E-state index is -1.67. The zero-order valence-electron chi connectivity index (χ0n) is 14.6. The van der Waals surface area contributed by atoms with Crippen LogP contribution in [0.15, 0.2) is 18.2 Å². The number of anilines is 1. The lowest BCUT2D eigenvalue weighted by atomic mass is 10.0. The zero-order valence-corrected chi connectivity index (χ0v) is 15.3. The van der Waals surface area contributed by atoms with Crippen LogP contribution in [0.25, 0.3) is 0 Å². The zero-order chi connectivity index (χ0) is 18.9. The van der Waals surface area contributed by atoms with E-state index in [0.717, 1.165) is 0 Å². The van der Waals surface area contributed by atoms with Gasteiger partial charge in [-0.3, -0.25) is 9.59 Å². The SMILES string of the molecule is CCOC(=O)N1CCN(C(=O)C2(C)Oc3ccc(Cl)cc3NC2=O)CC1. The predicted molar refractivity (Wildman–Crippen MR) is 94.3 cm³/mol. The molecule has 2 aliphatic rings. The Bertz CT molecular complexity index is 748. The molecule has 1 N–H and O–H groups in total. The van der Waals surface area contributed by atoms with E-state index in [1.807, 2.05) is 0 Å². The van der Waals surface area contributed by atoms with E-state index in [1.165, 1.54) is 16.7 Å². The van der Waals surface area contributed by atoms with E-state index in [0.29, 0.717) is 49.2 Å². The van der Waals surface area contributed by atoms with Crippen molar-refractivity contribution < 1.29 is 23.9 Å². The highest BCUT2D eigenvalue weighted by Gasteiger charge is 2.49. The molecule has 2 aliphatic heterocycles. The highest BCUT2D eigenvalue weighted by atomic mass is 35.5. The van der Waals surface area contributed by atoms with E-state index < -0.39 is 23.5 Å². The molecule has 9 heteroatoms. The summed E-state index contributed by atoms with van der Waals surface area (Å²) in [4.78, 5) is 40.3. The summed E-state index contributed by atoms with van der Waals surface area (Å²) in [5.41, 5.74) is -1.24. The second kappa shape index (κ2) is 7.03. The number of ether oxygens (including phenoxy) is 2. The van der Waals surface area contributed by atoms with Crippen LogP contribution in [0.2, 0.25) is 5.02 Å². The van der Waals surface area contributed by atoms with Gasteiger partial charge in [0.1, 0.15) is 5.75 Å². The lowest BCUT2D eigenvalue weighted by molar-refractivity contribution is -0.155. The average molecular weight is 382 g/mol. The van der Waals surface area contributed by atoms with Gasteiger partial charge in [-0.05, 0) is 32.0 Å². The first-order chi connectivity index (χ1) is 12.3. The number of nitrogens with one attached hydrogen (secondary N) is 1. The van der Waals surface area contributed by atoms with Crippen LogP contribution in [-0.2, 0) is 14.3 Å². The topological polar surface area (TPSA) is 88.2 Å². The number of hydrogen-bond acceptors (Lipinski definition) is 5. The Morgan fingerprint density at radius 2 is 1.92 bits per heavy atom. The molecule has 26 heavy (non-hydrogen) atoms. The second-order valence-electron chi connectivity index (χ2n) is 6.21. The molecule has 0 aromatic heterocycles. The molecule has 0 spiro atoms. The van der Waals surface area contributed by atoms with Gasteiger partial charge in [-0.1, -0.05) is 11.6 Å². The van der Waals surface area contributed by atoms with Gasteiger partial charge in [-0.2, -0.15) is 0 Å². The van der Waals surface area contributed by atoms with Crippen LogP contribution in [-0.4, -0.2) is 66.1 Å². The van der Waals surface area contributed by atoms with Crippen LogP contribution in [0.1, 0.15) is 13.8 Å². The van der Waals surface area contributed by atoms with Crippen LogP contribution >= 0.6 is 11.6 Å². The van der Waals surface area contributed by atoms with Gasteiger partial charge in [0.05, 0.1) is 12.3 Å². The first-order valence-electron chi connectivity index (χ1n) is 8.36. The summed E-state index contributed by atoms with van der Waals surface area (Å²) >= 11 is 5.92. The maximum absolute atomic E-state index is 12.9. The largest absolute Gasteiger partial charge is 0.466 e. The summed E-state index contributed by atoms with van der Waals surface area (Å²) in [6, 6.07) is 4.80. The molecule has 1 unspecified atom stereocenters. The number of halogens is 1. The molecule has 0 bridgehead atoms. The molecule has 3 rings (SSSR count). The predicted octanol–water partition coefficient (Wildman–Crippen LogP) is 1.73. The molecule has 1 fully saturated rings. The Hall–Kier alpha value is -2.48. The van der Waals surface area contributed by atoms with Gasteiger partial charge >= 0.3 is 6.09 Å². The number of carbonyl (C=O) groups excluding carboxylic acids is 3. The Balaban J connectivity index is 1.71. The maximum atomic E-state index is 12.9. The van der Waals surface area contributed by atoms with Crippen molar-refractivity contribution in [3.8, 4) is 5.75 Å². The monoisotopic (exact) mass is 381 g/mol. The Labute approximate surface area is 156 Å². The van der Waals surface area contributed by atoms with Crippen molar-refractivity contribution >= 4 is 35.2 Å². The fraction of sp³-hybridized carbons (Fsp3) is 0.471. The van der Waals surface area contributed by atoms with Crippen molar-refractivity contribution in [2.45, 2.75) is 19.4 Å². The Morgan fingerprint density at radius 3 is 2.58 bits per heavy atom. The standard InChI is InChI=1S/C17H20ClN3O5/c1-3-25-16(24)21-8-6-20(7-9-21)15(23)17(2)14(22)19-12-10-11(18)4-5-13(12)26-17/h4-5,10H,3,6-9H2,1-2H3,(H,19,22). The van der Waals surface area contributed by atoms with E-state index in [9.17, 15) is 14.4 Å². The number of piperazine rings is 1. The number of fused-ring (bicyclic) bond motifs is 1. The van der Waals surface area contributed by atoms with Gasteiger partial charge in [-0.25, -0.2) is 4.79 Å². The Kier molecular flexibility index (Phi) is 4.95. The van der Waals surface area contributed by atoms with Crippen molar-refractivity contribution in [2.75, 3.05) is 38.1 Å². The van der Waals surface area contributed by atoms with Gasteiger partial charge in [-0.15, -0.1) is 0 Å². The molecule has 8 nitrogen and oxygen atoms in total. The molecular formula is C17H20ClN3O5. The molecule has 0 aliphatic carbocycles. The lowest BCUT2D eigenvalue weighted by Crippen LogP contribution is -2.62. The number of hydrogen-bond donors (Lipinski definition) is 1. The van der Waals surface area contributed by atoms with Gasteiger partial charge in [0, 0.05) is 31.2 Å². The van der Waals surface area contributed by atoms with Crippen molar-refractivity contribution in [1.82, 2.24) is 9.80 Å². The van der Waals surface area contributed by atoms with E-state index in [1.54, 1.807) is 25.1 Å². The maximum Gasteiger partial charge on any atom is 0.409 e. The van der Waals surface area contributed by atoms with E-state index in [2.05, 4.69) is 5.32 Å². The van der Waals surface area contributed by atoms with E-state index in [4.69, 9.17) is 21.1 Å². The van der Waals surface area contributed by atoms with Gasteiger partial charge in [0.2, 0.25) is 0 Å². The average Bonchev–Trinajstić information content (AvgIpc) is 2.63. The summed E-state index contributed by atoms with van der Waals surface area (Å²) in [5, 5.41) is 3.13. The molecule has 1 saturated heterocycles. The summed E-state index contributed by atoms with van der Waals surface area (Å²) in [6.45, 7) is 4.77. The highest BCUT2D eigenvalue weighted by Crippen LogP contribution is 2.36. The normalized spacial score (nSPS) is 22.2. The fourth-order valence-electron chi connectivity index (χ4n) is 2.95. The highest BCUT2D eigenvalue weighted by molar-refractivity contribution is 6.31. The number of amides is 3. The third-order valence-electron chi connectivity index (χ3n) is 4.44. The van der Waals surface area contributed by atoms with Gasteiger partial charge < -0.3 is 24.6 Å². The number of rotatable bonds is 2. The van der Waals surface area contributed by atoms with Crippen LogP contribution in [0.4, 0.5) is 10.5 Å². The van der Waals surface area contributed by atoms with Crippen molar-refractivity contribution in [2.24, 2.45) is 0 Å². The minimum Gasteiger partial charge on any atom is -0.466 e. The van der Waals surface area contributed by atoms with Gasteiger partial charge in [0.15, 0.2) is 0 Å². The summed E-state index contributed by atoms with van der Waals surface area (Å²) in [6.07, 6.45) is -0.400. The molecule has 3 amide bonds. The minimum absolute atomic E-state index is 0.299. The molecule has 1 aromatic rings. The van der Waals surface area contributed by atoms with Crippen LogP contribution in [0.3, 0.4) is 0 Å². The van der Waals surface area contributed by atoms with E-state index in [-0.39, 0.29) is 0 Å². The first kappa shape index (κ1) is 18.3. The van der Waals surface area contributed by atoms with E-state index >= 15 is 0 Å². The smallest absolute Gasteiger partial charge is 0.409 e. The second-order valence-corrected chi connectivity index (χ2v) is 6.64. The molecule has 2 heterocycles. The molecule has 0 saturated carbocycles. The number of nitrogens with zero attached hydrogens (tertiary/aromatic N) is 2. The lowest BCUT2D eigenvalue weighted by Gasteiger charge is -2.40. The van der Waals surface area contributed by atoms with Crippen molar-refractivity contribution in [3.63, 3.8) is 0 Å². The molecule has 1 atom stereocenters. The molecule has 0 radical (unpaired) electrons. The third kappa shape index (κ3) is 3.29. The summed E-state index contributed by atoms with van der Waals surface area (Å²) in [7, 11) is 0. The fourth-order valence-corrected chi connectivity index (χ4v) is 3.12. The summed E-state index contributed by atoms with van der Waals surface area (Å²) in [5.74, 6) is -0.612. The molecular weight excluding hydrogens is 362 g/mol. The quantitative estimate of drug-likeness (QED) is 0.788. The molecule has 1 aromatic carbocycles. The van der Waals surface area contributed by atoms with Crippen molar-refractivity contribution in [3.05, 3.63) is 23.2 Å². The Morgan fingerprint density at radius 1 is 1.27 bits per heavy atom. The number of benzene rings is 1.